The highest BCUT2D eigenvalue weighted by atomic mass is 14.7. The van der Waals surface area contributed by atoms with Crippen molar-refractivity contribution in [2.75, 3.05) is 0 Å². The highest BCUT2D eigenvalue weighted by Gasteiger charge is 2.06. The van der Waals surface area contributed by atoms with Crippen molar-refractivity contribution in [3.63, 3.8) is 0 Å². The fourth-order valence-electron chi connectivity index (χ4n) is 3.48. The Bertz CT molecular complexity index is 1260. The van der Waals surface area contributed by atoms with Crippen LogP contribution in [0.25, 0.3) is 44.5 Å². The molecule has 2 heterocycles. The van der Waals surface area contributed by atoms with Crippen LogP contribution in [0, 0.1) is 0 Å². The molecule has 0 fully saturated rings. The SMILES string of the molecule is c1ccc(-c2cccc(-c3cccc(-c4ccc5ncccc5c4)n3)c2)cc1. The van der Waals surface area contributed by atoms with E-state index in [0.717, 1.165) is 33.4 Å². The van der Waals surface area contributed by atoms with Crippen LogP contribution < -0.4 is 0 Å². The van der Waals surface area contributed by atoms with Crippen LogP contribution in [0.5, 0.6) is 0 Å². The Morgan fingerprint density at radius 3 is 2.04 bits per heavy atom. The second-order valence-corrected chi connectivity index (χ2v) is 6.77. The highest BCUT2D eigenvalue weighted by molar-refractivity contribution is 5.84. The van der Waals surface area contributed by atoms with Crippen LogP contribution in [0.2, 0.25) is 0 Å². The van der Waals surface area contributed by atoms with Gasteiger partial charge in [0.2, 0.25) is 0 Å². The monoisotopic (exact) mass is 358 g/mol. The molecule has 2 aromatic heterocycles. The minimum atomic E-state index is 0.966. The summed E-state index contributed by atoms with van der Waals surface area (Å²) in [4.78, 5) is 9.33. The number of hydrogen-bond acceptors (Lipinski definition) is 2. The smallest absolute Gasteiger partial charge is 0.0709 e. The normalized spacial score (nSPS) is 10.9. The van der Waals surface area contributed by atoms with Gasteiger partial charge in [-0.15, -0.1) is 0 Å². The van der Waals surface area contributed by atoms with Gasteiger partial charge in [-0.25, -0.2) is 4.98 Å². The molecule has 0 amide bonds. The van der Waals surface area contributed by atoms with Crippen molar-refractivity contribution in [2.24, 2.45) is 0 Å². The van der Waals surface area contributed by atoms with Crippen molar-refractivity contribution in [1.29, 1.82) is 0 Å². The molecule has 0 aliphatic rings. The van der Waals surface area contributed by atoms with Crippen LogP contribution >= 0.6 is 0 Å². The van der Waals surface area contributed by atoms with Gasteiger partial charge in [0.25, 0.3) is 0 Å². The zero-order valence-electron chi connectivity index (χ0n) is 15.3. The molecule has 3 aromatic carbocycles. The number of benzene rings is 3. The van der Waals surface area contributed by atoms with Crippen molar-refractivity contribution in [1.82, 2.24) is 9.97 Å². The zero-order valence-corrected chi connectivity index (χ0v) is 15.3. The van der Waals surface area contributed by atoms with Gasteiger partial charge in [-0.2, -0.15) is 0 Å². The van der Waals surface area contributed by atoms with Gasteiger partial charge in [-0.05, 0) is 47.5 Å². The summed E-state index contributed by atoms with van der Waals surface area (Å²) in [5.74, 6) is 0. The van der Waals surface area contributed by atoms with E-state index in [9.17, 15) is 0 Å². The van der Waals surface area contributed by atoms with Crippen molar-refractivity contribution < 1.29 is 0 Å². The summed E-state index contributed by atoms with van der Waals surface area (Å²) in [6.07, 6.45) is 1.82. The third-order valence-electron chi connectivity index (χ3n) is 4.91. The Morgan fingerprint density at radius 1 is 0.464 bits per heavy atom. The molecular formula is C26H18N2. The van der Waals surface area contributed by atoms with Crippen molar-refractivity contribution in [3.05, 3.63) is 109 Å². The molecule has 132 valence electrons. The van der Waals surface area contributed by atoms with Gasteiger partial charge >= 0.3 is 0 Å². The maximum atomic E-state index is 4.93. The molecule has 0 spiro atoms. The summed E-state index contributed by atoms with van der Waals surface area (Å²) >= 11 is 0. The van der Waals surface area contributed by atoms with E-state index < -0.39 is 0 Å². The number of rotatable bonds is 3. The largest absolute Gasteiger partial charge is 0.256 e. The lowest BCUT2D eigenvalue weighted by molar-refractivity contribution is 1.32. The third kappa shape index (κ3) is 3.17. The second kappa shape index (κ2) is 7.09. The predicted molar refractivity (Wildman–Crippen MR) is 116 cm³/mol. The molecule has 5 rings (SSSR count). The van der Waals surface area contributed by atoms with E-state index in [1.807, 2.05) is 18.3 Å². The predicted octanol–water partition coefficient (Wildman–Crippen LogP) is 6.63. The minimum absolute atomic E-state index is 0.966. The molecule has 5 aromatic rings. The van der Waals surface area contributed by atoms with E-state index in [1.165, 1.54) is 11.1 Å². The summed E-state index contributed by atoms with van der Waals surface area (Å²) in [5.41, 5.74) is 7.56. The van der Waals surface area contributed by atoms with Crippen LogP contribution in [-0.4, -0.2) is 9.97 Å². The molecule has 28 heavy (non-hydrogen) atoms. The molecule has 0 aliphatic carbocycles. The first-order chi connectivity index (χ1) is 13.9. The van der Waals surface area contributed by atoms with Gasteiger partial charge in [0.1, 0.15) is 0 Å². The summed E-state index contributed by atoms with van der Waals surface area (Å²) in [7, 11) is 0. The van der Waals surface area contributed by atoms with E-state index in [4.69, 9.17) is 4.98 Å². The molecule has 0 unspecified atom stereocenters. The fraction of sp³-hybridized carbons (Fsp3) is 0. The van der Waals surface area contributed by atoms with E-state index >= 15 is 0 Å². The molecule has 0 radical (unpaired) electrons. The molecule has 2 nitrogen and oxygen atoms in total. The standard InChI is InChI=1S/C26H18N2/c1-2-7-19(8-3-1)20-9-4-10-22(17-20)25-12-5-13-26(28-25)23-14-15-24-21(18-23)11-6-16-27-24/h1-18H. The summed E-state index contributed by atoms with van der Waals surface area (Å²) in [5, 5.41) is 1.12. The second-order valence-electron chi connectivity index (χ2n) is 6.77. The average Bonchev–Trinajstić information content (AvgIpc) is 2.79. The Balaban J connectivity index is 1.55. The van der Waals surface area contributed by atoms with Crippen molar-refractivity contribution >= 4 is 10.9 Å². The summed E-state index contributed by atoms with van der Waals surface area (Å²) in [6.45, 7) is 0. The molecule has 0 aliphatic heterocycles. The summed E-state index contributed by atoms with van der Waals surface area (Å²) in [6, 6.07) is 35.5. The Kier molecular flexibility index (Phi) is 4.15. The first kappa shape index (κ1) is 16.4. The van der Waals surface area contributed by atoms with Gasteiger partial charge in [0, 0.05) is 22.7 Å². The van der Waals surface area contributed by atoms with Gasteiger partial charge < -0.3 is 0 Å². The zero-order chi connectivity index (χ0) is 18.8. The van der Waals surface area contributed by atoms with Gasteiger partial charge in [-0.1, -0.05) is 66.7 Å². The average molecular weight is 358 g/mol. The summed E-state index contributed by atoms with van der Waals surface area (Å²) < 4.78 is 0. The molecule has 0 saturated heterocycles. The maximum Gasteiger partial charge on any atom is 0.0709 e. The topological polar surface area (TPSA) is 25.8 Å². The first-order valence-corrected chi connectivity index (χ1v) is 9.35. The lowest BCUT2D eigenvalue weighted by Gasteiger charge is -2.08. The number of fused-ring (bicyclic) bond motifs is 1. The molecule has 0 N–H and O–H groups in total. The van der Waals surface area contributed by atoms with Crippen molar-refractivity contribution in [2.45, 2.75) is 0 Å². The van der Waals surface area contributed by atoms with Gasteiger partial charge in [-0.3, -0.25) is 4.98 Å². The van der Waals surface area contributed by atoms with Gasteiger partial charge in [0.15, 0.2) is 0 Å². The van der Waals surface area contributed by atoms with Crippen LogP contribution in [0.15, 0.2) is 109 Å². The lowest BCUT2D eigenvalue weighted by Crippen LogP contribution is -1.89. The van der Waals surface area contributed by atoms with Crippen LogP contribution in [0.3, 0.4) is 0 Å². The molecule has 0 atom stereocenters. The van der Waals surface area contributed by atoms with Crippen LogP contribution in [0.1, 0.15) is 0 Å². The molecule has 0 saturated carbocycles. The van der Waals surface area contributed by atoms with E-state index in [0.29, 0.717) is 0 Å². The maximum absolute atomic E-state index is 4.93. The van der Waals surface area contributed by atoms with Crippen LogP contribution in [0.4, 0.5) is 0 Å². The van der Waals surface area contributed by atoms with Crippen molar-refractivity contribution in [3.8, 4) is 33.6 Å². The Morgan fingerprint density at radius 2 is 1.18 bits per heavy atom. The molecular weight excluding hydrogens is 340 g/mol. The fourth-order valence-corrected chi connectivity index (χ4v) is 3.48. The number of pyridine rings is 2. The van der Waals surface area contributed by atoms with E-state index in [1.54, 1.807) is 0 Å². The molecule has 0 bridgehead atoms. The molecule has 2 heteroatoms. The number of nitrogens with zero attached hydrogens (tertiary/aromatic N) is 2. The number of hydrogen-bond donors (Lipinski definition) is 0. The third-order valence-corrected chi connectivity index (χ3v) is 4.91. The van der Waals surface area contributed by atoms with E-state index in [2.05, 4.69) is 96.0 Å². The number of aromatic nitrogens is 2. The van der Waals surface area contributed by atoms with E-state index in [-0.39, 0.29) is 0 Å². The van der Waals surface area contributed by atoms with Gasteiger partial charge in [0.05, 0.1) is 16.9 Å². The minimum Gasteiger partial charge on any atom is -0.256 e. The lowest BCUT2D eigenvalue weighted by atomic mass is 10.0. The highest BCUT2D eigenvalue weighted by Crippen LogP contribution is 2.28. The Hall–Kier alpha value is -3.78. The first-order valence-electron chi connectivity index (χ1n) is 9.35. The Labute approximate surface area is 164 Å². The van der Waals surface area contributed by atoms with Crippen LogP contribution in [-0.2, 0) is 0 Å². The quantitative estimate of drug-likeness (QED) is 0.362.